The normalized spacial score (nSPS) is 15.4. The molecule has 0 N–H and O–H groups in total. The Balaban J connectivity index is 1.40. The molecule has 0 saturated carbocycles. The van der Waals surface area contributed by atoms with Crippen LogP contribution in [0.4, 0.5) is 10.1 Å². The Labute approximate surface area is 164 Å². The van der Waals surface area contributed by atoms with Crippen molar-refractivity contribution >= 4 is 27.2 Å². The lowest BCUT2D eigenvalue weighted by molar-refractivity contribution is 0.251. The molecule has 140 valence electrons. The highest BCUT2D eigenvalue weighted by atomic mass is 19.1. The summed E-state index contributed by atoms with van der Waals surface area (Å²) >= 11 is 0. The molecule has 1 saturated heterocycles. The third-order valence-electron chi connectivity index (χ3n) is 5.83. The van der Waals surface area contributed by atoms with Crippen molar-refractivity contribution in [2.24, 2.45) is 0 Å². The fraction of sp³-hybridized carbons (Fsp3) is 0.200. The molecule has 4 aromatic carbocycles. The molecule has 0 bridgehead atoms. The summed E-state index contributed by atoms with van der Waals surface area (Å²) in [6.45, 7) is 4.91. The first-order valence-corrected chi connectivity index (χ1v) is 9.90. The highest BCUT2D eigenvalue weighted by molar-refractivity contribution is 6.02. The van der Waals surface area contributed by atoms with Gasteiger partial charge in [-0.05, 0) is 57.4 Å². The molecule has 0 atom stereocenters. The van der Waals surface area contributed by atoms with Crippen molar-refractivity contribution in [1.29, 1.82) is 0 Å². The van der Waals surface area contributed by atoms with E-state index in [-0.39, 0.29) is 5.82 Å². The second-order valence-corrected chi connectivity index (χ2v) is 7.54. The van der Waals surface area contributed by atoms with E-state index in [4.69, 9.17) is 0 Å². The van der Waals surface area contributed by atoms with Crippen molar-refractivity contribution in [2.45, 2.75) is 6.54 Å². The summed E-state index contributed by atoms with van der Waals surface area (Å²) in [7, 11) is 0. The van der Waals surface area contributed by atoms with Crippen LogP contribution in [-0.2, 0) is 6.54 Å². The van der Waals surface area contributed by atoms with Gasteiger partial charge in [0.25, 0.3) is 0 Å². The third kappa shape index (κ3) is 3.23. The zero-order chi connectivity index (χ0) is 18.9. The zero-order valence-corrected chi connectivity index (χ0v) is 15.8. The van der Waals surface area contributed by atoms with Crippen molar-refractivity contribution in [3.05, 3.63) is 90.2 Å². The molecular weight excluding hydrogens is 347 g/mol. The summed E-state index contributed by atoms with van der Waals surface area (Å²) in [4.78, 5) is 4.88. The minimum atomic E-state index is -0.176. The van der Waals surface area contributed by atoms with Gasteiger partial charge in [-0.15, -0.1) is 0 Å². The van der Waals surface area contributed by atoms with Gasteiger partial charge in [0, 0.05) is 38.4 Å². The number of nitrogens with zero attached hydrogens (tertiary/aromatic N) is 2. The van der Waals surface area contributed by atoms with Gasteiger partial charge >= 0.3 is 0 Å². The average Bonchev–Trinajstić information content (AvgIpc) is 2.75. The summed E-state index contributed by atoms with van der Waals surface area (Å²) in [5, 5.41) is 5.31. The Kier molecular flexibility index (Phi) is 4.46. The number of anilines is 1. The Morgan fingerprint density at radius 2 is 1.25 bits per heavy atom. The lowest BCUT2D eigenvalue weighted by atomic mass is 9.96. The number of hydrogen-bond donors (Lipinski definition) is 0. The van der Waals surface area contributed by atoms with Gasteiger partial charge in [-0.25, -0.2) is 4.39 Å². The number of benzene rings is 4. The number of piperazine rings is 1. The summed E-state index contributed by atoms with van der Waals surface area (Å²) in [6, 6.07) is 26.5. The number of rotatable bonds is 3. The number of hydrogen-bond acceptors (Lipinski definition) is 2. The molecule has 1 aliphatic heterocycles. The van der Waals surface area contributed by atoms with E-state index in [1.165, 1.54) is 27.1 Å². The second kappa shape index (κ2) is 7.25. The molecule has 2 nitrogen and oxygen atoms in total. The monoisotopic (exact) mass is 370 g/mol. The van der Waals surface area contributed by atoms with Gasteiger partial charge in [-0.2, -0.15) is 0 Å². The smallest absolute Gasteiger partial charge is 0.123 e. The standard InChI is InChI=1S/C25H23FN2/c26-21-9-11-22(12-10-21)28-15-13-27(14-16-28)18-25-23-7-3-1-5-19(23)17-20-6-2-4-8-24(20)25/h1-12,17H,13-16,18H2. The molecule has 1 heterocycles. The minimum absolute atomic E-state index is 0.176. The van der Waals surface area contributed by atoms with Crippen molar-refractivity contribution in [3.8, 4) is 0 Å². The molecule has 4 aromatic rings. The number of fused-ring (bicyclic) bond motifs is 2. The summed E-state index contributed by atoms with van der Waals surface area (Å²) in [6.07, 6.45) is 0. The molecule has 0 aromatic heterocycles. The summed E-state index contributed by atoms with van der Waals surface area (Å²) < 4.78 is 13.2. The molecule has 0 unspecified atom stereocenters. The van der Waals surface area contributed by atoms with Crippen molar-refractivity contribution in [3.63, 3.8) is 0 Å². The molecule has 5 rings (SSSR count). The van der Waals surface area contributed by atoms with Crippen LogP contribution in [0.2, 0.25) is 0 Å². The highest BCUT2D eigenvalue weighted by Gasteiger charge is 2.19. The molecule has 0 radical (unpaired) electrons. The molecule has 3 heteroatoms. The first-order valence-electron chi connectivity index (χ1n) is 9.90. The molecule has 0 spiro atoms. The average molecular weight is 370 g/mol. The highest BCUT2D eigenvalue weighted by Crippen LogP contribution is 2.30. The molecule has 28 heavy (non-hydrogen) atoms. The van der Waals surface area contributed by atoms with E-state index < -0.39 is 0 Å². The Hall–Kier alpha value is -2.91. The predicted molar refractivity (Wildman–Crippen MR) is 115 cm³/mol. The first-order chi connectivity index (χ1) is 13.8. The zero-order valence-electron chi connectivity index (χ0n) is 15.8. The predicted octanol–water partition coefficient (Wildman–Crippen LogP) is 5.45. The van der Waals surface area contributed by atoms with Crippen LogP contribution in [0.5, 0.6) is 0 Å². The van der Waals surface area contributed by atoms with E-state index >= 15 is 0 Å². The Morgan fingerprint density at radius 1 is 0.679 bits per heavy atom. The van der Waals surface area contributed by atoms with Crippen LogP contribution in [0.1, 0.15) is 5.56 Å². The second-order valence-electron chi connectivity index (χ2n) is 7.54. The first kappa shape index (κ1) is 17.2. The lowest BCUT2D eigenvalue weighted by Crippen LogP contribution is -2.46. The molecule has 0 aliphatic carbocycles. The maximum atomic E-state index is 13.2. The fourth-order valence-corrected chi connectivity index (χ4v) is 4.32. The Bertz CT molecular complexity index is 1060. The van der Waals surface area contributed by atoms with Gasteiger partial charge in [0.05, 0.1) is 0 Å². The largest absolute Gasteiger partial charge is 0.369 e. The van der Waals surface area contributed by atoms with Gasteiger partial charge in [-0.1, -0.05) is 48.5 Å². The lowest BCUT2D eigenvalue weighted by Gasteiger charge is -2.36. The SMILES string of the molecule is Fc1ccc(N2CCN(Cc3c4ccccc4cc4ccccc34)CC2)cc1. The van der Waals surface area contributed by atoms with E-state index in [9.17, 15) is 4.39 Å². The van der Waals surface area contributed by atoms with Crippen LogP contribution in [0, 0.1) is 5.82 Å². The van der Waals surface area contributed by atoms with Crippen LogP contribution in [-0.4, -0.2) is 31.1 Å². The molecule has 1 fully saturated rings. The third-order valence-corrected chi connectivity index (χ3v) is 5.83. The van der Waals surface area contributed by atoms with Crippen molar-refractivity contribution in [1.82, 2.24) is 4.90 Å². The van der Waals surface area contributed by atoms with Crippen LogP contribution < -0.4 is 4.90 Å². The van der Waals surface area contributed by atoms with E-state index in [0.717, 1.165) is 38.4 Å². The van der Waals surface area contributed by atoms with E-state index in [1.807, 2.05) is 12.1 Å². The summed E-state index contributed by atoms with van der Waals surface area (Å²) in [5.41, 5.74) is 2.53. The summed E-state index contributed by atoms with van der Waals surface area (Å²) in [5.74, 6) is -0.176. The maximum Gasteiger partial charge on any atom is 0.123 e. The minimum Gasteiger partial charge on any atom is -0.369 e. The van der Waals surface area contributed by atoms with E-state index in [1.54, 1.807) is 12.1 Å². The van der Waals surface area contributed by atoms with Gasteiger partial charge in [-0.3, -0.25) is 4.90 Å². The van der Waals surface area contributed by atoms with Gasteiger partial charge in [0.1, 0.15) is 5.82 Å². The molecule has 0 amide bonds. The van der Waals surface area contributed by atoms with Crippen molar-refractivity contribution in [2.75, 3.05) is 31.1 Å². The fourth-order valence-electron chi connectivity index (χ4n) is 4.32. The van der Waals surface area contributed by atoms with Crippen LogP contribution in [0.3, 0.4) is 0 Å². The Morgan fingerprint density at radius 3 is 1.86 bits per heavy atom. The van der Waals surface area contributed by atoms with E-state index in [2.05, 4.69) is 64.4 Å². The van der Waals surface area contributed by atoms with Crippen LogP contribution >= 0.6 is 0 Å². The molecular formula is C25H23FN2. The van der Waals surface area contributed by atoms with Gasteiger partial charge < -0.3 is 4.90 Å². The molecule has 1 aliphatic rings. The quantitative estimate of drug-likeness (QED) is 0.442. The topological polar surface area (TPSA) is 6.48 Å². The van der Waals surface area contributed by atoms with Gasteiger partial charge in [0.2, 0.25) is 0 Å². The number of halogens is 1. The van der Waals surface area contributed by atoms with Crippen LogP contribution in [0.25, 0.3) is 21.5 Å². The van der Waals surface area contributed by atoms with Crippen LogP contribution in [0.15, 0.2) is 78.9 Å². The van der Waals surface area contributed by atoms with Gasteiger partial charge in [0.15, 0.2) is 0 Å². The maximum absolute atomic E-state index is 13.2. The van der Waals surface area contributed by atoms with E-state index in [0.29, 0.717) is 0 Å². The van der Waals surface area contributed by atoms with Crippen molar-refractivity contribution < 1.29 is 4.39 Å².